The molecule has 0 amide bonds. The number of hydrogen-bond donors (Lipinski definition) is 0. The molecular weight excluding hydrogens is 454 g/mol. The highest BCUT2D eigenvalue weighted by atomic mass is 15.5. The van der Waals surface area contributed by atoms with Crippen molar-refractivity contribution in [1.82, 2.24) is 4.98 Å². The summed E-state index contributed by atoms with van der Waals surface area (Å²) in [5.74, 6) is 0.857. The van der Waals surface area contributed by atoms with E-state index in [4.69, 9.17) is 10.1 Å². The molecule has 0 bridgehead atoms. The number of para-hydroxylation sites is 1. The van der Waals surface area contributed by atoms with Gasteiger partial charge in [-0.15, -0.1) is 0 Å². The van der Waals surface area contributed by atoms with Crippen molar-refractivity contribution in [2.45, 2.75) is 12.5 Å². The molecule has 2 heterocycles. The zero-order chi connectivity index (χ0) is 25.8. The van der Waals surface area contributed by atoms with Crippen molar-refractivity contribution in [3.63, 3.8) is 0 Å². The van der Waals surface area contributed by atoms with Crippen LogP contribution in [0.25, 0.3) is 23.1 Å². The smallest absolute Gasteiger partial charge is 0.150 e. The Balaban J connectivity index is 1.41. The molecule has 1 aliphatic rings. The molecule has 5 rings (SSSR count). The summed E-state index contributed by atoms with van der Waals surface area (Å²) < 4.78 is 0. The molecule has 4 aromatic rings. The lowest BCUT2D eigenvalue weighted by Crippen LogP contribution is -2.24. The van der Waals surface area contributed by atoms with Gasteiger partial charge < -0.3 is 9.80 Å². The monoisotopic (exact) mass is 487 g/mol. The van der Waals surface area contributed by atoms with Gasteiger partial charge in [0.25, 0.3) is 0 Å². The summed E-state index contributed by atoms with van der Waals surface area (Å²) in [6.07, 6.45) is 9.49. The van der Waals surface area contributed by atoms with E-state index in [-0.39, 0.29) is 6.04 Å². The van der Waals surface area contributed by atoms with Gasteiger partial charge in [0.1, 0.15) is 5.82 Å². The highest BCUT2D eigenvalue weighted by molar-refractivity contribution is 6.01. The Morgan fingerprint density at radius 1 is 0.703 bits per heavy atom. The number of fused-ring (bicyclic) bond motifs is 1. The molecule has 1 atom stereocenters. The van der Waals surface area contributed by atoms with Gasteiger partial charge in [-0.3, -0.25) is 0 Å². The van der Waals surface area contributed by atoms with Crippen LogP contribution in [0.2, 0.25) is 0 Å². The van der Waals surface area contributed by atoms with Crippen molar-refractivity contribution in [1.29, 1.82) is 0 Å². The Hall–Kier alpha value is -4.38. The zero-order valence-corrected chi connectivity index (χ0v) is 21.9. The standard InChI is InChI=1S/C32H33N5/c1-35(2)28-17-10-24(11-18-28)9-16-27-23-30(21-14-25-12-19-29(20-13-25)36(3)4)37(34-27)32-22-15-26-7-5-6-8-31(26)33-32/h5-22,30H,23H2,1-4H3. The van der Waals surface area contributed by atoms with Crippen LogP contribution in [-0.4, -0.2) is 44.9 Å². The van der Waals surface area contributed by atoms with Crippen molar-refractivity contribution >= 4 is 46.0 Å². The molecule has 0 spiro atoms. The van der Waals surface area contributed by atoms with E-state index in [0.717, 1.165) is 34.4 Å². The molecule has 1 aromatic heterocycles. The van der Waals surface area contributed by atoms with E-state index in [2.05, 4.69) is 129 Å². The van der Waals surface area contributed by atoms with Crippen molar-refractivity contribution in [3.8, 4) is 0 Å². The van der Waals surface area contributed by atoms with Gasteiger partial charge in [-0.05, 0) is 59.7 Å². The number of anilines is 3. The van der Waals surface area contributed by atoms with Crippen LogP contribution in [0.4, 0.5) is 17.2 Å². The lowest BCUT2D eigenvalue weighted by atomic mass is 10.1. The minimum atomic E-state index is 0.0814. The predicted molar refractivity (Wildman–Crippen MR) is 160 cm³/mol. The summed E-state index contributed by atoms with van der Waals surface area (Å²) in [7, 11) is 8.22. The summed E-state index contributed by atoms with van der Waals surface area (Å²) in [6.45, 7) is 0. The maximum absolute atomic E-state index is 4.99. The molecule has 0 saturated carbocycles. The Bertz CT molecular complexity index is 1450. The van der Waals surface area contributed by atoms with Crippen molar-refractivity contribution < 1.29 is 0 Å². The van der Waals surface area contributed by atoms with E-state index in [1.54, 1.807) is 0 Å². The van der Waals surface area contributed by atoms with Crippen molar-refractivity contribution in [2.75, 3.05) is 43.0 Å². The van der Waals surface area contributed by atoms with Gasteiger partial charge in [0.2, 0.25) is 0 Å². The van der Waals surface area contributed by atoms with Crippen molar-refractivity contribution in [2.24, 2.45) is 5.10 Å². The van der Waals surface area contributed by atoms with Crippen LogP contribution in [-0.2, 0) is 0 Å². The highest BCUT2D eigenvalue weighted by Crippen LogP contribution is 2.27. The summed E-state index contributed by atoms with van der Waals surface area (Å²) in [5, 5.41) is 8.17. The maximum atomic E-state index is 4.99. The first kappa shape index (κ1) is 24.3. The summed E-state index contributed by atoms with van der Waals surface area (Å²) in [6, 6.07) is 29.6. The predicted octanol–water partition coefficient (Wildman–Crippen LogP) is 6.73. The van der Waals surface area contributed by atoms with E-state index in [1.165, 1.54) is 16.9 Å². The fourth-order valence-corrected chi connectivity index (χ4v) is 4.39. The normalized spacial score (nSPS) is 15.6. The summed E-state index contributed by atoms with van der Waals surface area (Å²) >= 11 is 0. The summed E-state index contributed by atoms with van der Waals surface area (Å²) in [5.41, 5.74) is 6.71. The van der Waals surface area contributed by atoms with E-state index < -0.39 is 0 Å². The topological polar surface area (TPSA) is 35.0 Å². The zero-order valence-electron chi connectivity index (χ0n) is 21.9. The lowest BCUT2D eigenvalue weighted by Gasteiger charge is -2.20. The molecule has 3 aromatic carbocycles. The molecule has 0 radical (unpaired) electrons. The highest BCUT2D eigenvalue weighted by Gasteiger charge is 2.25. The molecule has 1 aliphatic heterocycles. The molecule has 0 aliphatic carbocycles. The van der Waals surface area contributed by atoms with Gasteiger partial charge >= 0.3 is 0 Å². The minimum absolute atomic E-state index is 0.0814. The number of rotatable bonds is 7. The molecular formula is C32H33N5. The van der Waals surface area contributed by atoms with Gasteiger partial charge in [-0.25, -0.2) is 9.99 Å². The Morgan fingerprint density at radius 2 is 1.32 bits per heavy atom. The SMILES string of the molecule is CN(C)c1ccc(C=CC2=NN(c3ccc4ccccc4n3)C(C=Cc3ccc(N(C)C)cc3)C2)cc1. The third kappa shape index (κ3) is 5.72. The van der Waals surface area contributed by atoms with E-state index in [0.29, 0.717) is 0 Å². The van der Waals surface area contributed by atoms with Gasteiger partial charge in [0, 0.05) is 51.4 Å². The van der Waals surface area contributed by atoms with Gasteiger partial charge in [-0.1, -0.05) is 60.7 Å². The quantitative estimate of drug-likeness (QED) is 0.290. The van der Waals surface area contributed by atoms with E-state index in [1.807, 2.05) is 23.2 Å². The Kier molecular flexibility index (Phi) is 7.04. The second-order valence-corrected chi connectivity index (χ2v) is 9.73. The van der Waals surface area contributed by atoms with E-state index in [9.17, 15) is 0 Å². The number of pyridine rings is 1. The maximum Gasteiger partial charge on any atom is 0.150 e. The first-order chi connectivity index (χ1) is 18.0. The number of benzene rings is 3. The molecule has 186 valence electrons. The Labute approximate surface area is 219 Å². The first-order valence-electron chi connectivity index (χ1n) is 12.6. The van der Waals surface area contributed by atoms with Gasteiger partial charge in [0.15, 0.2) is 0 Å². The number of aromatic nitrogens is 1. The van der Waals surface area contributed by atoms with Crippen molar-refractivity contribution in [3.05, 3.63) is 108 Å². The fraction of sp³-hybridized carbons (Fsp3) is 0.188. The van der Waals surface area contributed by atoms with Gasteiger partial charge in [0.05, 0.1) is 17.3 Å². The molecule has 0 fully saturated rings. The number of hydrogen-bond acceptors (Lipinski definition) is 5. The minimum Gasteiger partial charge on any atom is -0.378 e. The first-order valence-corrected chi connectivity index (χ1v) is 12.6. The lowest BCUT2D eigenvalue weighted by molar-refractivity contribution is 0.779. The summed E-state index contributed by atoms with van der Waals surface area (Å²) in [4.78, 5) is 9.14. The molecule has 5 heteroatoms. The largest absolute Gasteiger partial charge is 0.378 e. The van der Waals surface area contributed by atoms with Crippen LogP contribution in [0, 0.1) is 0 Å². The van der Waals surface area contributed by atoms with Crippen LogP contribution in [0.5, 0.6) is 0 Å². The molecule has 0 saturated heterocycles. The van der Waals surface area contributed by atoms with Crippen LogP contribution in [0.3, 0.4) is 0 Å². The van der Waals surface area contributed by atoms with Crippen LogP contribution >= 0.6 is 0 Å². The average Bonchev–Trinajstić information content (AvgIpc) is 3.34. The third-order valence-electron chi connectivity index (χ3n) is 6.59. The van der Waals surface area contributed by atoms with Crippen LogP contribution in [0.1, 0.15) is 17.5 Å². The molecule has 37 heavy (non-hydrogen) atoms. The molecule has 5 nitrogen and oxygen atoms in total. The van der Waals surface area contributed by atoms with Crippen LogP contribution in [0.15, 0.2) is 102 Å². The van der Waals surface area contributed by atoms with Crippen LogP contribution < -0.4 is 14.8 Å². The average molecular weight is 488 g/mol. The second kappa shape index (κ2) is 10.7. The number of nitrogens with zero attached hydrogens (tertiary/aromatic N) is 5. The molecule has 0 N–H and O–H groups in total. The Morgan fingerprint density at radius 3 is 1.97 bits per heavy atom. The van der Waals surface area contributed by atoms with Gasteiger partial charge in [-0.2, -0.15) is 5.10 Å². The number of hydrazone groups is 1. The fourth-order valence-electron chi connectivity index (χ4n) is 4.39. The molecule has 1 unspecified atom stereocenters. The third-order valence-corrected chi connectivity index (χ3v) is 6.59. The second-order valence-electron chi connectivity index (χ2n) is 9.73. The number of allylic oxidation sites excluding steroid dienone is 1. The van der Waals surface area contributed by atoms with E-state index >= 15 is 0 Å².